The Morgan fingerprint density at radius 1 is 1.45 bits per heavy atom. The molecular weight excluding hydrogens is 325 g/mol. The van der Waals surface area contributed by atoms with Crippen LogP contribution in [0.25, 0.3) is 0 Å². The molecule has 0 aromatic heterocycles. The molecule has 5 heteroatoms. The Hall–Kier alpha value is -1.10. The quantitative estimate of drug-likeness (QED) is 0.779. The number of piperidine rings is 1. The molecule has 0 unspecified atom stereocenters. The van der Waals surface area contributed by atoms with Crippen molar-refractivity contribution in [3.63, 3.8) is 0 Å². The second-order valence-corrected chi connectivity index (χ2v) is 6.07. The van der Waals surface area contributed by atoms with E-state index in [0.29, 0.717) is 18.2 Å². The third-order valence-electron chi connectivity index (χ3n) is 3.70. The van der Waals surface area contributed by atoms with Crippen LogP contribution in [-0.4, -0.2) is 25.7 Å². The van der Waals surface area contributed by atoms with Crippen molar-refractivity contribution < 1.29 is 13.9 Å². The van der Waals surface area contributed by atoms with Crippen LogP contribution in [0.2, 0.25) is 0 Å². The van der Waals surface area contributed by atoms with Crippen LogP contribution in [0.5, 0.6) is 0 Å². The Kier molecular flexibility index (Phi) is 5.40. The molecule has 2 rings (SSSR count). The summed E-state index contributed by atoms with van der Waals surface area (Å²) in [5.74, 6) is 0.154. The molecule has 1 heterocycles. The maximum absolute atomic E-state index is 13.9. The fraction of sp³-hybridized carbons (Fsp3) is 0.533. The number of hydrogen-bond acceptors (Lipinski definition) is 3. The Bertz CT molecular complexity index is 473. The number of carbonyl (C=O) groups is 1. The van der Waals surface area contributed by atoms with Crippen molar-refractivity contribution in [3.05, 3.63) is 28.5 Å². The fourth-order valence-corrected chi connectivity index (χ4v) is 2.90. The lowest BCUT2D eigenvalue weighted by Crippen LogP contribution is -2.34. The second kappa shape index (κ2) is 7.07. The summed E-state index contributed by atoms with van der Waals surface area (Å²) in [6.45, 7) is 3.62. The molecule has 0 atom stereocenters. The van der Waals surface area contributed by atoms with Crippen LogP contribution in [0.1, 0.15) is 26.2 Å². The normalized spacial score (nSPS) is 16.2. The molecule has 0 saturated carbocycles. The molecule has 0 radical (unpaired) electrons. The number of hydrogen-bond donors (Lipinski definition) is 0. The van der Waals surface area contributed by atoms with E-state index in [1.165, 1.54) is 13.0 Å². The maximum atomic E-state index is 13.9. The van der Waals surface area contributed by atoms with Gasteiger partial charge >= 0.3 is 5.97 Å². The monoisotopic (exact) mass is 343 g/mol. The zero-order valence-electron chi connectivity index (χ0n) is 11.6. The highest BCUT2D eigenvalue weighted by Crippen LogP contribution is 2.28. The first-order valence-corrected chi connectivity index (χ1v) is 7.69. The number of carbonyl (C=O) groups excluding carboxylic acids is 1. The van der Waals surface area contributed by atoms with Crippen molar-refractivity contribution in [1.82, 2.24) is 0 Å². The average Bonchev–Trinajstić information content (AvgIpc) is 2.39. The van der Waals surface area contributed by atoms with E-state index in [1.54, 1.807) is 0 Å². The van der Waals surface area contributed by atoms with E-state index < -0.39 is 0 Å². The van der Waals surface area contributed by atoms with Crippen molar-refractivity contribution in [2.24, 2.45) is 5.92 Å². The van der Waals surface area contributed by atoms with Gasteiger partial charge in [0.25, 0.3) is 0 Å². The van der Waals surface area contributed by atoms with Crippen molar-refractivity contribution in [1.29, 1.82) is 0 Å². The third kappa shape index (κ3) is 4.20. The minimum Gasteiger partial charge on any atom is -0.466 e. The van der Waals surface area contributed by atoms with Crippen LogP contribution in [0.4, 0.5) is 10.1 Å². The smallest absolute Gasteiger partial charge is 0.302 e. The van der Waals surface area contributed by atoms with Crippen molar-refractivity contribution in [2.45, 2.75) is 26.2 Å². The maximum Gasteiger partial charge on any atom is 0.302 e. The highest BCUT2D eigenvalue weighted by atomic mass is 79.9. The summed E-state index contributed by atoms with van der Waals surface area (Å²) in [6.07, 6.45) is 2.92. The molecule has 1 aliphatic heterocycles. The number of anilines is 1. The van der Waals surface area contributed by atoms with E-state index in [2.05, 4.69) is 20.8 Å². The Morgan fingerprint density at radius 2 is 2.15 bits per heavy atom. The van der Waals surface area contributed by atoms with Gasteiger partial charge in [0.05, 0.1) is 12.3 Å². The molecule has 0 aliphatic carbocycles. The minimum absolute atomic E-state index is 0.183. The summed E-state index contributed by atoms with van der Waals surface area (Å²) < 4.78 is 19.6. The topological polar surface area (TPSA) is 29.5 Å². The standard InChI is InChI=1S/C15H19BrFNO2/c1-11(19)20-9-6-12-4-7-18(8-5-12)15-3-2-13(16)10-14(15)17/h2-3,10,12H,4-9H2,1H3. The number of esters is 1. The van der Waals surface area contributed by atoms with E-state index in [0.717, 1.165) is 36.8 Å². The molecule has 0 N–H and O–H groups in total. The first-order chi connectivity index (χ1) is 9.56. The van der Waals surface area contributed by atoms with Crippen molar-refractivity contribution in [2.75, 3.05) is 24.6 Å². The van der Waals surface area contributed by atoms with Gasteiger partial charge in [-0.3, -0.25) is 4.79 Å². The fourth-order valence-electron chi connectivity index (χ4n) is 2.57. The SMILES string of the molecule is CC(=O)OCCC1CCN(c2ccc(Br)cc2F)CC1. The molecule has 110 valence electrons. The number of rotatable bonds is 4. The van der Waals surface area contributed by atoms with E-state index in [-0.39, 0.29) is 11.8 Å². The predicted octanol–water partition coefficient (Wildman–Crippen LogP) is 3.76. The van der Waals surface area contributed by atoms with Crippen LogP contribution in [-0.2, 0) is 9.53 Å². The summed E-state index contributed by atoms with van der Waals surface area (Å²) in [7, 11) is 0. The number of benzene rings is 1. The highest BCUT2D eigenvalue weighted by Gasteiger charge is 2.21. The van der Waals surface area contributed by atoms with E-state index >= 15 is 0 Å². The Balaban J connectivity index is 1.83. The first-order valence-electron chi connectivity index (χ1n) is 6.89. The summed E-state index contributed by atoms with van der Waals surface area (Å²) >= 11 is 3.27. The van der Waals surface area contributed by atoms with Crippen LogP contribution in [0.15, 0.2) is 22.7 Å². The average molecular weight is 344 g/mol. The van der Waals surface area contributed by atoms with Crippen molar-refractivity contribution in [3.8, 4) is 0 Å². The minimum atomic E-state index is -0.223. The molecular formula is C15H19BrFNO2. The Morgan fingerprint density at radius 3 is 2.75 bits per heavy atom. The summed E-state index contributed by atoms with van der Waals surface area (Å²) in [5, 5.41) is 0. The highest BCUT2D eigenvalue weighted by molar-refractivity contribution is 9.10. The van der Waals surface area contributed by atoms with Gasteiger partial charge in [-0.05, 0) is 43.4 Å². The Labute approximate surface area is 127 Å². The number of ether oxygens (including phenoxy) is 1. The van der Waals surface area contributed by atoms with E-state index in [9.17, 15) is 9.18 Å². The zero-order valence-corrected chi connectivity index (χ0v) is 13.2. The lowest BCUT2D eigenvalue weighted by atomic mass is 9.93. The largest absolute Gasteiger partial charge is 0.466 e. The predicted molar refractivity (Wildman–Crippen MR) is 80.3 cm³/mol. The molecule has 20 heavy (non-hydrogen) atoms. The van der Waals surface area contributed by atoms with Gasteiger partial charge in [0.15, 0.2) is 0 Å². The van der Waals surface area contributed by atoms with E-state index in [1.807, 2.05) is 12.1 Å². The molecule has 0 amide bonds. The summed E-state index contributed by atoms with van der Waals surface area (Å²) in [4.78, 5) is 12.8. The van der Waals surface area contributed by atoms with Gasteiger partial charge < -0.3 is 9.64 Å². The van der Waals surface area contributed by atoms with Crippen LogP contribution in [0, 0.1) is 11.7 Å². The van der Waals surface area contributed by atoms with Crippen molar-refractivity contribution >= 4 is 27.6 Å². The summed E-state index contributed by atoms with van der Waals surface area (Å²) in [5.41, 5.74) is 0.673. The molecule has 1 fully saturated rings. The second-order valence-electron chi connectivity index (χ2n) is 5.15. The van der Waals surface area contributed by atoms with Gasteiger partial charge in [0.1, 0.15) is 5.82 Å². The molecule has 0 spiro atoms. The van der Waals surface area contributed by atoms with Crippen LogP contribution in [0.3, 0.4) is 0 Å². The first kappa shape index (κ1) is 15.3. The van der Waals surface area contributed by atoms with Gasteiger partial charge in [-0.25, -0.2) is 4.39 Å². The van der Waals surface area contributed by atoms with Crippen LogP contribution >= 0.6 is 15.9 Å². The number of nitrogens with zero attached hydrogens (tertiary/aromatic N) is 1. The molecule has 1 aliphatic rings. The molecule has 1 saturated heterocycles. The third-order valence-corrected chi connectivity index (χ3v) is 4.19. The van der Waals surface area contributed by atoms with Gasteiger partial charge in [-0.1, -0.05) is 15.9 Å². The number of halogens is 2. The molecule has 3 nitrogen and oxygen atoms in total. The molecule has 0 bridgehead atoms. The van der Waals surface area contributed by atoms with Gasteiger partial charge in [0.2, 0.25) is 0 Å². The van der Waals surface area contributed by atoms with Crippen LogP contribution < -0.4 is 4.90 Å². The zero-order chi connectivity index (χ0) is 14.5. The van der Waals surface area contributed by atoms with Gasteiger partial charge in [-0.2, -0.15) is 0 Å². The van der Waals surface area contributed by atoms with Gasteiger partial charge in [0, 0.05) is 24.5 Å². The van der Waals surface area contributed by atoms with E-state index in [4.69, 9.17) is 4.74 Å². The molecule has 1 aromatic rings. The summed E-state index contributed by atoms with van der Waals surface area (Å²) in [6, 6.07) is 5.19. The van der Waals surface area contributed by atoms with Gasteiger partial charge in [-0.15, -0.1) is 0 Å². The molecule has 1 aromatic carbocycles. The lowest BCUT2D eigenvalue weighted by molar-refractivity contribution is -0.141. The lowest BCUT2D eigenvalue weighted by Gasteiger charge is -2.33.